The quantitative estimate of drug-likeness (QED) is 0.287. The Labute approximate surface area is 137 Å². The van der Waals surface area contributed by atoms with Gasteiger partial charge in [0.2, 0.25) is 0 Å². The number of ether oxygens (including phenoxy) is 2. The summed E-state index contributed by atoms with van der Waals surface area (Å²) in [6.45, 7) is 3.87. The van der Waals surface area contributed by atoms with Gasteiger partial charge in [0.1, 0.15) is 13.2 Å². The molecule has 1 rings (SSSR count). The van der Waals surface area contributed by atoms with Gasteiger partial charge in [-0.3, -0.25) is 9.59 Å². The first-order valence-corrected chi connectivity index (χ1v) is 8.03. The fraction of sp³-hybridized carbons (Fsp3) is 0.500. The van der Waals surface area contributed by atoms with Crippen LogP contribution in [0.15, 0.2) is 30.3 Å². The Morgan fingerprint density at radius 2 is 1.65 bits per heavy atom. The Kier molecular flexibility index (Phi) is 8.65. The SMILES string of the molecule is CCCCC(CC)C(=O)OCCOC(=O)C(=O)c1ccccc1. The molecule has 0 saturated carbocycles. The zero-order valence-corrected chi connectivity index (χ0v) is 13.7. The maximum absolute atomic E-state index is 11.9. The molecule has 1 aromatic carbocycles. The van der Waals surface area contributed by atoms with Gasteiger partial charge in [0, 0.05) is 5.56 Å². The third-order valence-electron chi connectivity index (χ3n) is 3.51. The van der Waals surface area contributed by atoms with Gasteiger partial charge in [0.25, 0.3) is 5.78 Å². The van der Waals surface area contributed by atoms with Crippen LogP contribution in [-0.4, -0.2) is 30.9 Å². The molecule has 0 N–H and O–H groups in total. The van der Waals surface area contributed by atoms with E-state index in [2.05, 4.69) is 6.92 Å². The van der Waals surface area contributed by atoms with Crippen molar-refractivity contribution in [1.82, 2.24) is 0 Å². The molecule has 0 aliphatic carbocycles. The maximum Gasteiger partial charge on any atom is 0.379 e. The highest BCUT2D eigenvalue weighted by Gasteiger charge is 2.19. The smallest absolute Gasteiger partial charge is 0.379 e. The number of carbonyl (C=O) groups is 3. The van der Waals surface area contributed by atoms with E-state index in [1.807, 2.05) is 6.92 Å². The highest BCUT2D eigenvalue weighted by atomic mass is 16.6. The molecule has 126 valence electrons. The van der Waals surface area contributed by atoms with Gasteiger partial charge in [0.15, 0.2) is 0 Å². The first-order chi connectivity index (χ1) is 11.1. The van der Waals surface area contributed by atoms with Crippen LogP contribution in [-0.2, 0) is 19.1 Å². The number of unbranched alkanes of at least 4 members (excludes halogenated alkanes) is 1. The van der Waals surface area contributed by atoms with Gasteiger partial charge < -0.3 is 9.47 Å². The first kappa shape index (κ1) is 18.9. The standard InChI is InChI=1S/C18H24O5/c1-3-5-9-14(4-2)17(20)22-12-13-23-18(21)16(19)15-10-7-6-8-11-15/h6-8,10-11,14H,3-5,9,12-13H2,1-2H3. The summed E-state index contributed by atoms with van der Waals surface area (Å²) in [4.78, 5) is 35.2. The lowest BCUT2D eigenvalue weighted by Crippen LogP contribution is -2.23. The van der Waals surface area contributed by atoms with Gasteiger partial charge in [-0.25, -0.2) is 4.79 Å². The maximum atomic E-state index is 11.9. The topological polar surface area (TPSA) is 69.7 Å². The first-order valence-electron chi connectivity index (χ1n) is 8.03. The second kappa shape index (κ2) is 10.5. The van der Waals surface area contributed by atoms with Crippen molar-refractivity contribution in [1.29, 1.82) is 0 Å². The van der Waals surface area contributed by atoms with E-state index < -0.39 is 11.8 Å². The van der Waals surface area contributed by atoms with Crippen LogP contribution in [0.3, 0.4) is 0 Å². The molecule has 1 aromatic rings. The van der Waals surface area contributed by atoms with E-state index in [0.29, 0.717) is 0 Å². The van der Waals surface area contributed by atoms with Crippen LogP contribution < -0.4 is 0 Å². The van der Waals surface area contributed by atoms with Crippen molar-refractivity contribution in [3.63, 3.8) is 0 Å². The minimum atomic E-state index is -0.940. The van der Waals surface area contributed by atoms with Crippen molar-refractivity contribution in [2.24, 2.45) is 5.92 Å². The summed E-state index contributed by atoms with van der Waals surface area (Å²) in [5.74, 6) is -2.03. The van der Waals surface area contributed by atoms with Crippen molar-refractivity contribution in [2.45, 2.75) is 39.5 Å². The number of esters is 2. The molecule has 5 nitrogen and oxygen atoms in total. The summed E-state index contributed by atoms with van der Waals surface area (Å²) in [5.41, 5.74) is 0.278. The predicted octanol–water partition coefficient (Wildman–Crippen LogP) is 3.17. The van der Waals surface area contributed by atoms with E-state index in [9.17, 15) is 14.4 Å². The molecule has 0 fully saturated rings. The molecular formula is C18H24O5. The van der Waals surface area contributed by atoms with Crippen molar-refractivity contribution in [3.05, 3.63) is 35.9 Å². The van der Waals surface area contributed by atoms with Crippen LogP contribution in [0.4, 0.5) is 0 Å². The molecule has 0 aliphatic rings. The number of Topliss-reactive ketones (excluding diaryl/α,β-unsaturated/α-hetero) is 1. The van der Waals surface area contributed by atoms with E-state index in [1.54, 1.807) is 30.3 Å². The Bertz CT molecular complexity index is 509. The molecule has 0 amide bonds. The average Bonchev–Trinajstić information content (AvgIpc) is 2.59. The highest BCUT2D eigenvalue weighted by molar-refractivity contribution is 6.40. The molecular weight excluding hydrogens is 296 g/mol. The zero-order chi connectivity index (χ0) is 17.1. The number of hydrogen-bond donors (Lipinski definition) is 0. The lowest BCUT2D eigenvalue weighted by molar-refractivity contribution is -0.153. The van der Waals surface area contributed by atoms with Gasteiger partial charge in [-0.05, 0) is 12.8 Å². The van der Waals surface area contributed by atoms with E-state index in [0.717, 1.165) is 25.7 Å². The lowest BCUT2D eigenvalue weighted by atomic mass is 10.00. The number of rotatable bonds is 10. The Morgan fingerprint density at radius 1 is 1.00 bits per heavy atom. The predicted molar refractivity (Wildman–Crippen MR) is 86.0 cm³/mol. The Hall–Kier alpha value is -2.17. The van der Waals surface area contributed by atoms with Crippen molar-refractivity contribution in [2.75, 3.05) is 13.2 Å². The highest BCUT2D eigenvalue weighted by Crippen LogP contribution is 2.14. The van der Waals surface area contributed by atoms with Gasteiger partial charge >= 0.3 is 11.9 Å². The number of ketones is 1. The van der Waals surface area contributed by atoms with Gasteiger partial charge in [-0.15, -0.1) is 0 Å². The van der Waals surface area contributed by atoms with Crippen LogP contribution in [0.25, 0.3) is 0 Å². The lowest BCUT2D eigenvalue weighted by Gasteiger charge is -2.13. The summed E-state index contributed by atoms with van der Waals surface area (Å²) >= 11 is 0. The molecule has 5 heteroatoms. The summed E-state index contributed by atoms with van der Waals surface area (Å²) in [6, 6.07) is 8.18. The molecule has 0 radical (unpaired) electrons. The molecule has 23 heavy (non-hydrogen) atoms. The normalized spacial score (nSPS) is 11.6. The van der Waals surface area contributed by atoms with E-state index in [-0.39, 0.29) is 30.7 Å². The fourth-order valence-corrected chi connectivity index (χ4v) is 2.11. The molecule has 0 aliphatic heterocycles. The molecule has 0 saturated heterocycles. The van der Waals surface area contributed by atoms with Crippen LogP contribution in [0.1, 0.15) is 49.9 Å². The van der Waals surface area contributed by atoms with Gasteiger partial charge in [-0.1, -0.05) is 57.0 Å². The van der Waals surface area contributed by atoms with E-state index in [1.165, 1.54) is 0 Å². The molecule has 1 atom stereocenters. The van der Waals surface area contributed by atoms with Crippen LogP contribution in [0, 0.1) is 5.92 Å². The third kappa shape index (κ3) is 6.63. The minimum Gasteiger partial charge on any atom is -0.462 e. The Balaban J connectivity index is 2.29. The summed E-state index contributed by atoms with van der Waals surface area (Å²) < 4.78 is 9.94. The monoisotopic (exact) mass is 320 g/mol. The molecule has 0 bridgehead atoms. The average molecular weight is 320 g/mol. The van der Waals surface area contributed by atoms with Gasteiger partial charge in [0.05, 0.1) is 5.92 Å². The van der Waals surface area contributed by atoms with Crippen molar-refractivity contribution >= 4 is 17.7 Å². The third-order valence-corrected chi connectivity index (χ3v) is 3.51. The van der Waals surface area contributed by atoms with Crippen LogP contribution in [0.5, 0.6) is 0 Å². The summed E-state index contributed by atoms with van der Waals surface area (Å²) in [5, 5.41) is 0. The number of hydrogen-bond acceptors (Lipinski definition) is 5. The van der Waals surface area contributed by atoms with Gasteiger partial charge in [-0.2, -0.15) is 0 Å². The van der Waals surface area contributed by atoms with Crippen molar-refractivity contribution < 1.29 is 23.9 Å². The largest absolute Gasteiger partial charge is 0.462 e. The second-order valence-corrected chi connectivity index (χ2v) is 5.25. The summed E-state index contributed by atoms with van der Waals surface area (Å²) in [7, 11) is 0. The molecule has 0 aromatic heterocycles. The van der Waals surface area contributed by atoms with Crippen molar-refractivity contribution in [3.8, 4) is 0 Å². The number of benzene rings is 1. The Morgan fingerprint density at radius 3 is 2.26 bits per heavy atom. The van der Waals surface area contributed by atoms with E-state index in [4.69, 9.17) is 9.47 Å². The molecule has 0 heterocycles. The second-order valence-electron chi connectivity index (χ2n) is 5.25. The number of carbonyl (C=O) groups excluding carboxylic acids is 3. The minimum absolute atomic E-state index is 0.0325. The summed E-state index contributed by atoms with van der Waals surface area (Å²) in [6.07, 6.45) is 3.54. The fourth-order valence-electron chi connectivity index (χ4n) is 2.11. The van der Waals surface area contributed by atoms with E-state index >= 15 is 0 Å². The molecule has 0 spiro atoms. The zero-order valence-electron chi connectivity index (χ0n) is 13.7. The molecule has 1 unspecified atom stereocenters. The van der Waals surface area contributed by atoms with Crippen LogP contribution in [0.2, 0.25) is 0 Å². The van der Waals surface area contributed by atoms with Crippen LogP contribution >= 0.6 is 0 Å².